The van der Waals surface area contributed by atoms with Crippen molar-refractivity contribution in [3.05, 3.63) is 0 Å². The van der Waals surface area contributed by atoms with Crippen molar-refractivity contribution in [3.8, 4) is 0 Å². The number of carbonyl (C=O) groups is 6. The smallest absolute Gasteiger partial charge is 0.339 e. The third kappa shape index (κ3) is 8.63. The van der Waals surface area contributed by atoms with Crippen LogP contribution in [0.15, 0.2) is 4.99 Å². The van der Waals surface area contributed by atoms with Crippen LogP contribution in [0, 0.1) is 0 Å². The van der Waals surface area contributed by atoms with E-state index in [0.717, 1.165) is 34.8 Å². The van der Waals surface area contributed by atoms with Gasteiger partial charge in [0.2, 0.25) is 6.29 Å². The molecule has 0 aliphatic carbocycles. The number of nitrogens with zero attached hydrogens (tertiary/aromatic N) is 1. The highest BCUT2D eigenvalue weighted by Gasteiger charge is 2.59. The van der Waals surface area contributed by atoms with Crippen molar-refractivity contribution in [2.75, 3.05) is 13.7 Å². The molecule has 2 fully saturated rings. The van der Waals surface area contributed by atoms with E-state index >= 15 is 0 Å². The van der Waals surface area contributed by atoms with E-state index in [2.05, 4.69) is 4.99 Å². The van der Waals surface area contributed by atoms with Gasteiger partial charge in [0.15, 0.2) is 42.7 Å². The normalized spacial score (nSPS) is 32.6. The van der Waals surface area contributed by atoms with Crippen molar-refractivity contribution >= 4 is 41.7 Å². The Labute approximate surface area is 252 Å². The zero-order valence-electron chi connectivity index (χ0n) is 25.4. The minimum Gasteiger partial charge on any atom is -0.467 e. The minimum atomic E-state index is -1.74. The molecule has 0 aromatic heterocycles. The van der Waals surface area contributed by atoms with Gasteiger partial charge in [-0.05, 0) is 6.42 Å². The van der Waals surface area contributed by atoms with E-state index in [4.69, 9.17) is 47.4 Å². The van der Waals surface area contributed by atoms with Gasteiger partial charge in [-0.2, -0.15) is 0 Å². The minimum absolute atomic E-state index is 0.312. The molecule has 10 atom stereocenters. The lowest BCUT2D eigenvalue weighted by Gasteiger charge is -2.47. The van der Waals surface area contributed by atoms with Gasteiger partial charge in [0.1, 0.15) is 24.9 Å². The van der Waals surface area contributed by atoms with Gasteiger partial charge in [0, 0.05) is 41.0 Å². The Morgan fingerprint density at radius 3 is 1.84 bits per heavy atom. The quantitative estimate of drug-likeness (QED) is 0.215. The maximum atomic E-state index is 12.8. The number of hydrogen-bond acceptors (Lipinski definition) is 17. The number of aliphatic imine (C=N–C) groups is 1. The zero-order chi connectivity index (χ0) is 32.7. The van der Waals surface area contributed by atoms with Gasteiger partial charge in [-0.3, -0.25) is 24.0 Å². The lowest BCUT2D eigenvalue weighted by Crippen LogP contribution is -2.66. The summed E-state index contributed by atoms with van der Waals surface area (Å²) in [5.41, 5.74) is 0. The molecule has 0 bridgehead atoms. The standard InChI is InChI=1S/C27H37NO16/c1-8-9-17-28-18-20(19(37-12(3)30)16(10-36-11(2)29)41-26(18)42-17)43-27-24(40-15(6)33)22(39-14(5)32)21(38-13(4)31)23(44-27)25(34)35-7/h16,18-24,26-27H,8-10H2,1-7H3/t16-,18-,19+,20-,21+,22+,23+,24-,26-,27-/m1/s1. The van der Waals surface area contributed by atoms with E-state index in [1.165, 1.54) is 6.92 Å². The fourth-order valence-electron chi connectivity index (χ4n) is 4.96. The van der Waals surface area contributed by atoms with Crippen molar-refractivity contribution in [3.63, 3.8) is 0 Å². The van der Waals surface area contributed by atoms with Gasteiger partial charge in [-0.15, -0.1) is 0 Å². The molecule has 44 heavy (non-hydrogen) atoms. The van der Waals surface area contributed by atoms with Crippen LogP contribution in [0.2, 0.25) is 0 Å². The molecular formula is C27H37NO16. The molecule has 3 aliphatic heterocycles. The van der Waals surface area contributed by atoms with E-state index < -0.39 is 97.2 Å². The number of rotatable bonds is 11. The lowest BCUT2D eigenvalue weighted by atomic mass is 9.95. The molecule has 0 spiro atoms. The summed E-state index contributed by atoms with van der Waals surface area (Å²) in [7, 11) is 1.05. The number of ether oxygens (including phenoxy) is 10. The molecule has 0 aromatic carbocycles. The van der Waals surface area contributed by atoms with Gasteiger partial charge >= 0.3 is 35.8 Å². The monoisotopic (exact) mass is 631 g/mol. The first-order chi connectivity index (χ1) is 20.7. The van der Waals surface area contributed by atoms with Crippen LogP contribution in [0.1, 0.15) is 54.4 Å². The lowest BCUT2D eigenvalue weighted by molar-refractivity contribution is -0.334. The average molecular weight is 632 g/mol. The van der Waals surface area contributed by atoms with Gasteiger partial charge in [0.05, 0.1) is 7.11 Å². The Kier molecular flexibility index (Phi) is 12.0. The van der Waals surface area contributed by atoms with Crippen LogP contribution in [0.25, 0.3) is 0 Å². The Balaban J connectivity index is 2.11. The van der Waals surface area contributed by atoms with Crippen LogP contribution in [0.3, 0.4) is 0 Å². The van der Waals surface area contributed by atoms with E-state index in [1.807, 2.05) is 6.92 Å². The number of esters is 6. The summed E-state index contributed by atoms with van der Waals surface area (Å²) < 4.78 is 55.7. The third-order valence-electron chi connectivity index (χ3n) is 6.50. The second-order valence-corrected chi connectivity index (χ2v) is 10.1. The predicted molar refractivity (Wildman–Crippen MR) is 140 cm³/mol. The zero-order valence-corrected chi connectivity index (χ0v) is 25.4. The average Bonchev–Trinajstić information content (AvgIpc) is 3.32. The van der Waals surface area contributed by atoms with E-state index in [0.29, 0.717) is 18.7 Å². The topological polar surface area (TPSA) is 207 Å². The SMILES string of the molecule is CCCC1=N[C@H]2[C@@H](O1)O[C@H](COC(C)=O)[C@H](OC(C)=O)[C@@H]2O[C@@H]1O[C@H](C(=O)OC)[C@@H](OC(C)=O)[C@H](OC(C)=O)[C@H]1OC(C)=O. The predicted octanol–water partition coefficient (Wildman–Crippen LogP) is -0.118. The van der Waals surface area contributed by atoms with Crippen LogP contribution in [-0.2, 0) is 76.1 Å². The summed E-state index contributed by atoms with van der Waals surface area (Å²) >= 11 is 0. The molecule has 3 rings (SSSR count). The van der Waals surface area contributed by atoms with Crippen molar-refractivity contribution in [2.24, 2.45) is 4.99 Å². The first-order valence-corrected chi connectivity index (χ1v) is 13.8. The van der Waals surface area contributed by atoms with E-state index in [9.17, 15) is 28.8 Å². The van der Waals surface area contributed by atoms with Crippen molar-refractivity contribution in [2.45, 2.75) is 116 Å². The Morgan fingerprint density at radius 2 is 1.30 bits per heavy atom. The molecule has 0 radical (unpaired) electrons. The molecule has 0 unspecified atom stereocenters. The van der Waals surface area contributed by atoms with Crippen LogP contribution < -0.4 is 0 Å². The molecule has 0 aromatic rings. The molecule has 3 heterocycles. The molecule has 0 amide bonds. The van der Waals surface area contributed by atoms with Crippen LogP contribution in [0.4, 0.5) is 0 Å². The molecule has 246 valence electrons. The first-order valence-electron chi connectivity index (χ1n) is 13.8. The largest absolute Gasteiger partial charge is 0.467 e. The van der Waals surface area contributed by atoms with E-state index in [-0.39, 0.29) is 6.61 Å². The van der Waals surface area contributed by atoms with Crippen molar-refractivity contribution in [1.29, 1.82) is 0 Å². The number of carbonyl (C=O) groups excluding carboxylic acids is 6. The summed E-state index contributed by atoms with van der Waals surface area (Å²) in [5.74, 6) is -4.74. The molecule has 2 saturated heterocycles. The van der Waals surface area contributed by atoms with Gasteiger partial charge < -0.3 is 47.4 Å². The molecular weight excluding hydrogens is 594 g/mol. The maximum absolute atomic E-state index is 12.8. The van der Waals surface area contributed by atoms with Crippen molar-refractivity contribution < 1.29 is 76.1 Å². The fourth-order valence-corrected chi connectivity index (χ4v) is 4.96. The summed E-state index contributed by atoms with van der Waals surface area (Å²) in [6.07, 6.45) is -12.1. The fraction of sp³-hybridized carbons (Fsp3) is 0.741. The molecule has 0 saturated carbocycles. The van der Waals surface area contributed by atoms with E-state index in [1.54, 1.807) is 0 Å². The second-order valence-electron chi connectivity index (χ2n) is 10.1. The highest BCUT2D eigenvalue weighted by Crippen LogP contribution is 2.37. The summed E-state index contributed by atoms with van der Waals surface area (Å²) in [5, 5.41) is 0. The third-order valence-corrected chi connectivity index (χ3v) is 6.50. The summed E-state index contributed by atoms with van der Waals surface area (Å²) in [4.78, 5) is 77.6. The first kappa shape index (κ1) is 34.7. The van der Waals surface area contributed by atoms with Crippen LogP contribution in [0.5, 0.6) is 0 Å². The van der Waals surface area contributed by atoms with Gasteiger partial charge in [-0.25, -0.2) is 9.79 Å². The summed E-state index contributed by atoms with van der Waals surface area (Å²) in [6, 6.07) is -0.994. The second kappa shape index (κ2) is 15.3. The summed E-state index contributed by atoms with van der Waals surface area (Å²) in [6.45, 7) is 6.98. The maximum Gasteiger partial charge on any atom is 0.339 e. The molecule has 17 nitrogen and oxygen atoms in total. The Hall–Kier alpha value is -3.83. The molecule has 3 aliphatic rings. The van der Waals surface area contributed by atoms with Crippen molar-refractivity contribution in [1.82, 2.24) is 0 Å². The number of methoxy groups -OCH3 is 1. The van der Waals surface area contributed by atoms with Gasteiger partial charge in [-0.1, -0.05) is 6.92 Å². The van der Waals surface area contributed by atoms with Crippen LogP contribution in [-0.4, -0.2) is 117 Å². The number of fused-ring (bicyclic) bond motifs is 1. The number of hydrogen-bond donors (Lipinski definition) is 0. The Morgan fingerprint density at radius 1 is 0.727 bits per heavy atom. The van der Waals surface area contributed by atoms with Gasteiger partial charge in [0.25, 0.3) is 0 Å². The molecule has 0 N–H and O–H groups in total. The highest BCUT2D eigenvalue weighted by atomic mass is 16.8. The molecule has 17 heteroatoms. The Bertz CT molecular complexity index is 1140. The van der Waals surface area contributed by atoms with Crippen LogP contribution >= 0.6 is 0 Å². The highest BCUT2D eigenvalue weighted by molar-refractivity contribution is 5.78.